The van der Waals surface area contributed by atoms with Crippen molar-refractivity contribution >= 4 is 5.97 Å². The van der Waals surface area contributed by atoms with Crippen LogP contribution in [0.1, 0.15) is 19.3 Å². The lowest BCUT2D eigenvalue weighted by atomic mass is 10.2. The van der Waals surface area contributed by atoms with E-state index < -0.39 is 5.97 Å². The zero-order valence-corrected chi connectivity index (χ0v) is 7.70. The van der Waals surface area contributed by atoms with E-state index in [9.17, 15) is 4.79 Å². The fourth-order valence-electron chi connectivity index (χ4n) is 0.884. The van der Waals surface area contributed by atoms with Gasteiger partial charge in [0.2, 0.25) is 0 Å². The van der Waals surface area contributed by atoms with E-state index in [0.29, 0.717) is 6.54 Å². The maximum absolute atomic E-state index is 10.0. The van der Waals surface area contributed by atoms with Gasteiger partial charge in [-0.25, -0.2) is 4.79 Å². The number of carboxylic acid groups (broad SMARTS) is 1. The molecule has 4 nitrogen and oxygen atoms in total. The van der Waals surface area contributed by atoms with Crippen LogP contribution in [0, 0.1) is 0 Å². The largest absolute Gasteiger partial charge is 0.478 e. The predicted octanol–water partition coefficient (Wildman–Crippen LogP) is 0.379. The van der Waals surface area contributed by atoms with Crippen LogP contribution in [0.15, 0.2) is 12.2 Å². The van der Waals surface area contributed by atoms with Crippen LogP contribution in [-0.4, -0.2) is 35.9 Å². The number of hydrogen-bond donors (Lipinski definition) is 3. The van der Waals surface area contributed by atoms with Gasteiger partial charge < -0.3 is 15.5 Å². The van der Waals surface area contributed by atoms with Gasteiger partial charge in [0, 0.05) is 19.2 Å². The Hall–Kier alpha value is -0.870. The van der Waals surface area contributed by atoms with Crippen molar-refractivity contribution in [2.24, 2.45) is 0 Å². The molecular formula is C9H17NO3. The van der Waals surface area contributed by atoms with E-state index in [1.165, 1.54) is 0 Å². The summed E-state index contributed by atoms with van der Waals surface area (Å²) in [4.78, 5) is 10.0. The van der Waals surface area contributed by atoms with Gasteiger partial charge in [-0.3, -0.25) is 0 Å². The first-order chi connectivity index (χ1) is 6.27. The molecule has 0 unspecified atom stereocenters. The van der Waals surface area contributed by atoms with E-state index in [2.05, 4.69) is 5.32 Å². The van der Waals surface area contributed by atoms with Gasteiger partial charge in [0.1, 0.15) is 0 Å². The molecule has 0 aromatic heterocycles. The van der Waals surface area contributed by atoms with Crippen LogP contribution in [0.2, 0.25) is 0 Å². The number of unbranched alkanes of at least 4 members (excludes halogenated alkanes) is 2. The van der Waals surface area contributed by atoms with Crippen molar-refractivity contribution in [2.75, 3.05) is 19.7 Å². The fourth-order valence-corrected chi connectivity index (χ4v) is 0.884. The molecule has 0 aliphatic carbocycles. The maximum Gasteiger partial charge on any atom is 0.328 e. The number of rotatable bonds is 8. The number of carbonyl (C=O) groups is 1. The van der Waals surface area contributed by atoms with Crippen molar-refractivity contribution in [2.45, 2.75) is 19.3 Å². The molecule has 0 radical (unpaired) electrons. The summed E-state index contributed by atoms with van der Waals surface area (Å²) < 4.78 is 0. The molecule has 0 saturated carbocycles. The van der Waals surface area contributed by atoms with Crippen LogP contribution < -0.4 is 5.32 Å². The monoisotopic (exact) mass is 187 g/mol. The Kier molecular flexibility index (Phi) is 8.60. The molecular weight excluding hydrogens is 170 g/mol. The molecule has 0 saturated heterocycles. The quantitative estimate of drug-likeness (QED) is 0.379. The van der Waals surface area contributed by atoms with Crippen molar-refractivity contribution in [3.8, 4) is 0 Å². The first-order valence-electron chi connectivity index (χ1n) is 4.48. The predicted molar refractivity (Wildman–Crippen MR) is 50.6 cm³/mol. The minimum absolute atomic E-state index is 0.249. The number of aliphatic hydroxyl groups is 1. The normalized spacial score (nSPS) is 10.8. The Labute approximate surface area is 78.3 Å². The SMILES string of the molecule is O=C(O)/C=C/CNCCCCCO. The molecule has 0 spiro atoms. The lowest BCUT2D eigenvalue weighted by Gasteiger charge is -1.99. The molecule has 0 heterocycles. The van der Waals surface area contributed by atoms with Crippen molar-refractivity contribution in [3.63, 3.8) is 0 Å². The Bertz CT molecular complexity index is 157. The van der Waals surface area contributed by atoms with E-state index in [4.69, 9.17) is 10.2 Å². The van der Waals surface area contributed by atoms with Gasteiger partial charge in [-0.05, 0) is 25.8 Å². The van der Waals surface area contributed by atoms with Crippen molar-refractivity contribution < 1.29 is 15.0 Å². The molecule has 0 fully saturated rings. The van der Waals surface area contributed by atoms with Crippen LogP contribution >= 0.6 is 0 Å². The third-order valence-electron chi connectivity index (χ3n) is 1.53. The molecule has 0 aliphatic heterocycles. The van der Waals surface area contributed by atoms with Crippen molar-refractivity contribution in [1.29, 1.82) is 0 Å². The topological polar surface area (TPSA) is 69.6 Å². The number of aliphatic carboxylic acids is 1. The highest BCUT2D eigenvalue weighted by molar-refractivity contribution is 5.79. The second-order valence-electron chi connectivity index (χ2n) is 2.73. The average molecular weight is 187 g/mol. The molecule has 76 valence electrons. The third kappa shape index (κ3) is 11.1. The molecule has 0 aromatic carbocycles. The standard InChI is InChI=1S/C9H17NO3/c11-8-3-1-2-6-10-7-4-5-9(12)13/h4-5,10-11H,1-3,6-8H2,(H,12,13)/b5-4+. The highest BCUT2D eigenvalue weighted by atomic mass is 16.4. The minimum atomic E-state index is -0.915. The summed E-state index contributed by atoms with van der Waals surface area (Å²) >= 11 is 0. The molecule has 0 bridgehead atoms. The van der Waals surface area contributed by atoms with Gasteiger partial charge in [-0.15, -0.1) is 0 Å². The van der Waals surface area contributed by atoms with Crippen molar-refractivity contribution in [1.82, 2.24) is 5.32 Å². The van der Waals surface area contributed by atoms with E-state index in [-0.39, 0.29) is 6.61 Å². The molecule has 0 amide bonds. The third-order valence-corrected chi connectivity index (χ3v) is 1.53. The van der Waals surface area contributed by atoms with E-state index in [0.717, 1.165) is 31.9 Å². The van der Waals surface area contributed by atoms with Crippen molar-refractivity contribution in [3.05, 3.63) is 12.2 Å². The molecule has 0 aromatic rings. The van der Waals surface area contributed by atoms with Gasteiger partial charge >= 0.3 is 5.97 Å². The second kappa shape index (κ2) is 9.22. The first kappa shape index (κ1) is 12.1. The Morgan fingerprint density at radius 3 is 2.69 bits per heavy atom. The minimum Gasteiger partial charge on any atom is -0.478 e. The summed E-state index contributed by atoms with van der Waals surface area (Å²) in [5.74, 6) is -0.915. The summed E-state index contributed by atoms with van der Waals surface area (Å²) in [6, 6.07) is 0. The van der Waals surface area contributed by atoms with E-state index in [1.807, 2.05) is 0 Å². The summed E-state index contributed by atoms with van der Waals surface area (Å²) in [6.07, 6.45) is 5.56. The summed E-state index contributed by atoms with van der Waals surface area (Å²) in [5.41, 5.74) is 0. The van der Waals surface area contributed by atoms with Gasteiger partial charge in [0.25, 0.3) is 0 Å². The number of nitrogens with one attached hydrogen (secondary N) is 1. The lowest BCUT2D eigenvalue weighted by molar-refractivity contribution is -0.131. The van der Waals surface area contributed by atoms with Crippen LogP contribution in [0.3, 0.4) is 0 Å². The Morgan fingerprint density at radius 1 is 1.31 bits per heavy atom. The van der Waals surface area contributed by atoms with Gasteiger partial charge in [-0.1, -0.05) is 6.08 Å². The lowest BCUT2D eigenvalue weighted by Crippen LogP contribution is -2.15. The van der Waals surface area contributed by atoms with Crippen LogP contribution in [0.4, 0.5) is 0 Å². The highest BCUT2D eigenvalue weighted by Crippen LogP contribution is 1.91. The average Bonchev–Trinajstić information content (AvgIpc) is 2.09. The molecule has 3 N–H and O–H groups in total. The summed E-state index contributed by atoms with van der Waals surface area (Å²) in [6.45, 7) is 1.70. The van der Waals surface area contributed by atoms with Gasteiger partial charge in [0.05, 0.1) is 0 Å². The zero-order chi connectivity index (χ0) is 9.94. The highest BCUT2D eigenvalue weighted by Gasteiger charge is 1.87. The summed E-state index contributed by atoms with van der Waals surface area (Å²) in [5, 5.41) is 19.8. The Balaban J connectivity index is 3.03. The summed E-state index contributed by atoms with van der Waals surface area (Å²) in [7, 11) is 0. The fraction of sp³-hybridized carbons (Fsp3) is 0.667. The Morgan fingerprint density at radius 2 is 2.08 bits per heavy atom. The molecule has 0 rings (SSSR count). The zero-order valence-electron chi connectivity index (χ0n) is 7.70. The van der Waals surface area contributed by atoms with E-state index in [1.54, 1.807) is 6.08 Å². The molecule has 0 aliphatic rings. The van der Waals surface area contributed by atoms with Gasteiger partial charge in [0.15, 0.2) is 0 Å². The molecule has 0 atom stereocenters. The smallest absolute Gasteiger partial charge is 0.328 e. The number of aliphatic hydroxyl groups excluding tert-OH is 1. The van der Waals surface area contributed by atoms with E-state index >= 15 is 0 Å². The molecule has 13 heavy (non-hydrogen) atoms. The van der Waals surface area contributed by atoms with Crippen LogP contribution in [-0.2, 0) is 4.79 Å². The van der Waals surface area contributed by atoms with Crippen LogP contribution in [0.25, 0.3) is 0 Å². The van der Waals surface area contributed by atoms with Crippen LogP contribution in [0.5, 0.6) is 0 Å². The molecule has 4 heteroatoms. The maximum atomic E-state index is 10.0. The first-order valence-corrected chi connectivity index (χ1v) is 4.48. The van der Waals surface area contributed by atoms with Gasteiger partial charge in [-0.2, -0.15) is 0 Å². The second-order valence-corrected chi connectivity index (χ2v) is 2.73. The number of carboxylic acids is 1. The number of hydrogen-bond acceptors (Lipinski definition) is 3.